The molecule has 236 valence electrons. The van der Waals surface area contributed by atoms with Gasteiger partial charge in [-0.3, -0.25) is 29.3 Å². The largest absolute Gasteiger partial charge is 0.482 e. The molecule has 13 heteroatoms. The Balaban J connectivity index is 1.26. The first kappa shape index (κ1) is 30.6. The number of anilines is 3. The molecule has 4 aromatic rings. The Morgan fingerprint density at radius 1 is 1.11 bits per heavy atom. The Kier molecular flexibility index (Phi) is 8.35. The van der Waals surface area contributed by atoms with Crippen LogP contribution in [-0.2, 0) is 34.7 Å². The highest BCUT2D eigenvalue weighted by atomic mass is 16.6. The number of fused-ring (bicyclic) bond motifs is 2. The zero-order valence-electron chi connectivity index (χ0n) is 25.0. The van der Waals surface area contributed by atoms with Gasteiger partial charge in [0.05, 0.1) is 28.5 Å². The summed E-state index contributed by atoms with van der Waals surface area (Å²) in [6, 6.07) is 18.5. The Bertz CT molecular complexity index is 1840. The number of nitrogens with zero attached hydrogens (tertiary/aromatic N) is 6. The number of para-hydroxylation sites is 2. The second kappa shape index (κ2) is 12.5. The van der Waals surface area contributed by atoms with E-state index in [1.165, 1.54) is 23.1 Å². The zero-order chi connectivity index (χ0) is 32.4. The number of carbonyl (C=O) groups excluding carboxylic acids is 2. The SMILES string of the molecule is C[C@@H](/C=C/CCn1cc(CCO)nn1)[C@]1(O)C(=O)N(Cc2cccc(N3C(=O)COc4ccccc43)c2)c2ccc([N+](=O)[O-])cc21. The lowest BCUT2D eigenvalue weighted by molar-refractivity contribution is -0.385. The molecule has 2 N–H and O–H groups in total. The number of aliphatic hydroxyl groups is 2. The van der Waals surface area contributed by atoms with Crippen LogP contribution in [0.25, 0.3) is 0 Å². The topological polar surface area (TPSA) is 164 Å². The van der Waals surface area contributed by atoms with E-state index in [2.05, 4.69) is 10.3 Å². The fourth-order valence-corrected chi connectivity index (χ4v) is 5.89. The number of aromatic nitrogens is 3. The molecule has 0 spiro atoms. The lowest BCUT2D eigenvalue weighted by Gasteiger charge is -2.30. The van der Waals surface area contributed by atoms with Crippen molar-refractivity contribution in [2.75, 3.05) is 23.0 Å². The molecule has 13 nitrogen and oxygen atoms in total. The second-order valence-corrected chi connectivity index (χ2v) is 11.2. The van der Waals surface area contributed by atoms with E-state index in [4.69, 9.17) is 9.84 Å². The molecule has 3 heterocycles. The van der Waals surface area contributed by atoms with Gasteiger partial charge in [-0.2, -0.15) is 0 Å². The van der Waals surface area contributed by atoms with E-state index in [0.717, 1.165) is 0 Å². The molecule has 0 radical (unpaired) electrons. The number of benzene rings is 3. The molecule has 0 fully saturated rings. The summed E-state index contributed by atoms with van der Waals surface area (Å²) in [6.45, 7) is 2.11. The van der Waals surface area contributed by atoms with Gasteiger partial charge in [-0.05, 0) is 42.3 Å². The molecule has 2 atom stereocenters. The summed E-state index contributed by atoms with van der Waals surface area (Å²) in [5.74, 6) is -1.00. The Morgan fingerprint density at radius 2 is 1.93 bits per heavy atom. The molecule has 1 aromatic heterocycles. The Morgan fingerprint density at radius 3 is 2.74 bits per heavy atom. The third-order valence-electron chi connectivity index (χ3n) is 8.24. The molecule has 6 rings (SSSR count). The monoisotopic (exact) mass is 624 g/mol. The lowest BCUT2D eigenvalue weighted by Crippen LogP contribution is -2.44. The predicted octanol–water partition coefficient (Wildman–Crippen LogP) is 3.80. The lowest BCUT2D eigenvalue weighted by atomic mass is 9.82. The van der Waals surface area contributed by atoms with Gasteiger partial charge >= 0.3 is 0 Å². The number of carbonyl (C=O) groups is 2. The molecular formula is C33H32N6O7. The quantitative estimate of drug-likeness (QED) is 0.144. The number of aliphatic hydroxyl groups excluding tert-OH is 1. The van der Waals surface area contributed by atoms with E-state index >= 15 is 0 Å². The molecule has 3 aromatic carbocycles. The van der Waals surface area contributed by atoms with Crippen LogP contribution >= 0.6 is 0 Å². The van der Waals surface area contributed by atoms with E-state index in [1.807, 2.05) is 24.3 Å². The van der Waals surface area contributed by atoms with Gasteiger partial charge in [0.25, 0.3) is 17.5 Å². The molecule has 0 unspecified atom stereocenters. The molecule has 0 aliphatic carbocycles. The van der Waals surface area contributed by atoms with E-state index in [1.54, 1.807) is 59.1 Å². The number of aryl methyl sites for hydroxylation is 1. The summed E-state index contributed by atoms with van der Waals surface area (Å²) in [6.07, 6.45) is 6.23. The second-order valence-electron chi connectivity index (χ2n) is 11.2. The molecular weight excluding hydrogens is 592 g/mol. The van der Waals surface area contributed by atoms with Crippen molar-refractivity contribution >= 4 is 34.6 Å². The number of rotatable bonds is 11. The van der Waals surface area contributed by atoms with Crippen LogP contribution in [-0.4, -0.2) is 55.2 Å². The van der Waals surface area contributed by atoms with Gasteiger partial charge in [0.15, 0.2) is 12.2 Å². The van der Waals surface area contributed by atoms with Crippen molar-refractivity contribution in [2.24, 2.45) is 5.92 Å². The Hall–Kier alpha value is -5.40. The van der Waals surface area contributed by atoms with Gasteiger partial charge in [0, 0.05) is 55.1 Å². The van der Waals surface area contributed by atoms with Gasteiger partial charge in [-0.1, -0.05) is 48.6 Å². The minimum atomic E-state index is -2.06. The van der Waals surface area contributed by atoms with Crippen LogP contribution in [0.5, 0.6) is 5.75 Å². The van der Waals surface area contributed by atoms with Crippen molar-refractivity contribution in [3.63, 3.8) is 0 Å². The highest BCUT2D eigenvalue weighted by molar-refractivity contribution is 6.07. The van der Waals surface area contributed by atoms with E-state index in [9.17, 15) is 24.8 Å². The number of nitro groups is 1. The minimum Gasteiger partial charge on any atom is -0.482 e. The maximum Gasteiger partial charge on any atom is 0.269 e. The van der Waals surface area contributed by atoms with Crippen molar-refractivity contribution in [1.82, 2.24) is 15.0 Å². The summed E-state index contributed by atoms with van der Waals surface area (Å²) in [4.78, 5) is 41.1. The predicted molar refractivity (Wildman–Crippen MR) is 167 cm³/mol. The van der Waals surface area contributed by atoms with Crippen LogP contribution in [0.2, 0.25) is 0 Å². The van der Waals surface area contributed by atoms with Crippen molar-refractivity contribution in [2.45, 2.75) is 38.5 Å². The fourth-order valence-electron chi connectivity index (χ4n) is 5.89. The van der Waals surface area contributed by atoms with E-state index in [-0.39, 0.29) is 36.9 Å². The van der Waals surface area contributed by atoms with Gasteiger partial charge in [-0.15, -0.1) is 5.10 Å². The van der Waals surface area contributed by atoms with Crippen LogP contribution < -0.4 is 14.5 Å². The highest BCUT2D eigenvalue weighted by Gasteiger charge is 2.53. The maximum absolute atomic E-state index is 14.1. The summed E-state index contributed by atoms with van der Waals surface area (Å²) < 4.78 is 7.22. The van der Waals surface area contributed by atoms with Gasteiger partial charge in [0.1, 0.15) is 5.75 Å². The molecule has 2 aliphatic rings. The number of allylic oxidation sites excluding steroid dienone is 1. The highest BCUT2D eigenvalue weighted by Crippen LogP contribution is 2.47. The number of hydrogen-bond acceptors (Lipinski definition) is 9. The minimum absolute atomic E-state index is 0.0209. The maximum atomic E-state index is 14.1. The smallest absolute Gasteiger partial charge is 0.269 e. The number of non-ortho nitro benzene ring substituents is 1. The van der Waals surface area contributed by atoms with Crippen molar-refractivity contribution in [3.8, 4) is 5.75 Å². The summed E-state index contributed by atoms with van der Waals surface area (Å²) >= 11 is 0. The number of ether oxygens (including phenoxy) is 1. The Labute approximate surface area is 264 Å². The van der Waals surface area contributed by atoms with Crippen LogP contribution in [0.1, 0.15) is 30.2 Å². The van der Waals surface area contributed by atoms with Crippen molar-refractivity contribution < 1.29 is 29.5 Å². The standard InChI is InChI=1S/C33H32N6O7/c1-22(7-4-5-15-36-20-24(14-16-40)34-35-36)33(43)27-18-26(39(44)45)12-13-28(27)37(32(33)42)19-23-8-6-9-25(17-23)38-29-10-2-3-11-30(29)46-21-31(38)41/h2-4,6-13,17-18,20,22,40,43H,5,14-16,19,21H2,1H3/b7-4+/t22-,33+/m0/s1. The molecule has 0 bridgehead atoms. The van der Waals surface area contributed by atoms with Crippen LogP contribution in [0.3, 0.4) is 0 Å². The molecule has 2 aliphatic heterocycles. The van der Waals surface area contributed by atoms with Gasteiger partial charge in [0.2, 0.25) is 0 Å². The first-order valence-corrected chi connectivity index (χ1v) is 14.8. The molecule has 0 saturated heterocycles. The van der Waals surface area contributed by atoms with E-state index < -0.39 is 22.3 Å². The average Bonchev–Trinajstić information content (AvgIpc) is 3.59. The number of amides is 2. The first-order valence-electron chi connectivity index (χ1n) is 14.8. The molecule has 46 heavy (non-hydrogen) atoms. The average molecular weight is 625 g/mol. The third-order valence-corrected chi connectivity index (χ3v) is 8.24. The van der Waals surface area contributed by atoms with Crippen LogP contribution in [0, 0.1) is 16.0 Å². The number of hydrogen-bond donors (Lipinski definition) is 2. The van der Waals surface area contributed by atoms with Crippen molar-refractivity contribution in [3.05, 3.63) is 112 Å². The van der Waals surface area contributed by atoms with E-state index in [0.29, 0.717) is 53.5 Å². The summed E-state index contributed by atoms with van der Waals surface area (Å²) in [5.41, 5.74) is 0.795. The molecule has 2 amide bonds. The summed E-state index contributed by atoms with van der Waals surface area (Å²) in [7, 11) is 0. The van der Waals surface area contributed by atoms with Crippen LogP contribution in [0.15, 0.2) is 85.1 Å². The normalized spacial score (nSPS) is 18.1. The van der Waals surface area contributed by atoms with Crippen LogP contribution in [0.4, 0.5) is 22.7 Å². The van der Waals surface area contributed by atoms with Gasteiger partial charge < -0.3 is 19.8 Å². The zero-order valence-corrected chi connectivity index (χ0v) is 25.0. The van der Waals surface area contributed by atoms with Gasteiger partial charge in [-0.25, -0.2) is 0 Å². The molecule has 0 saturated carbocycles. The number of nitro benzene ring substituents is 1. The fraction of sp³-hybridized carbons (Fsp3) is 0.273. The third kappa shape index (κ3) is 5.61. The van der Waals surface area contributed by atoms with Crippen molar-refractivity contribution in [1.29, 1.82) is 0 Å². The summed E-state index contributed by atoms with van der Waals surface area (Å²) in [5, 5.41) is 40.8. The first-order chi connectivity index (χ1) is 22.2.